The lowest BCUT2D eigenvalue weighted by atomic mass is 9.98. The molecule has 0 radical (unpaired) electrons. The maximum Gasteiger partial charge on any atom is 0.252 e. The van der Waals surface area contributed by atoms with Gasteiger partial charge in [-0.15, -0.1) is 0 Å². The van der Waals surface area contributed by atoms with Crippen molar-refractivity contribution < 1.29 is 19.1 Å². The second-order valence-corrected chi connectivity index (χ2v) is 5.97. The number of fused-ring (bicyclic) bond motifs is 1. The predicted molar refractivity (Wildman–Crippen MR) is 71.0 cm³/mol. The number of ether oxygens (including phenoxy) is 2. The van der Waals surface area contributed by atoms with Gasteiger partial charge in [-0.05, 0) is 12.8 Å². The molecule has 6 heteroatoms. The molecule has 0 unspecified atom stereocenters. The highest BCUT2D eigenvalue weighted by atomic mass is 16.5. The van der Waals surface area contributed by atoms with E-state index in [-0.39, 0.29) is 29.7 Å². The summed E-state index contributed by atoms with van der Waals surface area (Å²) in [6.45, 7) is 2.63. The van der Waals surface area contributed by atoms with E-state index in [4.69, 9.17) is 9.47 Å². The van der Waals surface area contributed by atoms with E-state index in [1.165, 1.54) is 0 Å². The second kappa shape index (κ2) is 5.33. The number of hydrogen-bond donors (Lipinski definition) is 0. The Bertz CT molecular complexity index is 408. The van der Waals surface area contributed by atoms with Crippen molar-refractivity contribution in [3.8, 4) is 0 Å². The molecule has 3 atom stereocenters. The molecule has 0 aromatic rings. The molecule has 3 heterocycles. The van der Waals surface area contributed by atoms with Gasteiger partial charge in [0, 0.05) is 52.3 Å². The topological polar surface area (TPSA) is 59.1 Å². The number of likely N-dealkylation sites (N-methyl/N-ethyl adjacent to an activating group) is 1. The van der Waals surface area contributed by atoms with Crippen LogP contribution in [0.3, 0.4) is 0 Å². The van der Waals surface area contributed by atoms with Gasteiger partial charge in [0.25, 0.3) is 5.91 Å². The Morgan fingerprint density at radius 2 is 2.00 bits per heavy atom. The van der Waals surface area contributed by atoms with Gasteiger partial charge in [-0.25, -0.2) is 0 Å². The van der Waals surface area contributed by atoms with Crippen LogP contribution in [0.25, 0.3) is 0 Å². The third kappa shape index (κ3) is 2.11. The highest BCUT2D eigenvalue weighted by Gasteiger charge is 2.52. The first-order valence-electron chi connectivity index (χ1n) is 7.29. The predicted octanol–water partition coefficient (Wildman–Crippen LogP) is -0.273. The summed E-state index contributed by atoms with van der Waals surface area (Å²) in [7, 11) is 3.38. The van der Waals surface area contributed by atoms with Crippen molar-refractivity contribution in [2.45, 2.75) is 25.0 Å². The summed E-state index contributed by atoms with van der Waals surface area (Å²) in [5, 5.41) is 0. The van der Waals surface area contributed by atoms with Gasteiger partial charge in [0.2, 0.25) is 5.91 Å². The molecule has 0 spiro atoms. The molecule has 3 aliphatic rings. The van der Waals surface area contributed by atoms with Crippen molar-refractivity contribution in [3.63, 3.8) is 0 Å². The number of carbonyl (C=O) groups is 2. The molecular weight excluding hydrogens is 260 g/mol. The Hall–Kier alpha value is -1.14. The van der Waals surface area contributed by atoms with Crippen LogP contribution in [0.4, 0.5) is 0 Å². The van der Waals surface area contributed by atoms with E-state index in [0.29, 0.717) is 26.3 Å². The van der Waals surface area contributed by atoms with Crippen LogP contribution in [-0.4, -0.2) is 74.2 Å². The third-order valence-electron chi connectivity index (χ3n) is 4.95. The summed E-state index contributed by atoms with van der Waals surface area (Å²) in [5.41, 5.74) is 0. The van der Waals surface area contributed by atoms with E-state index in [1.54, 1.807) is 19.1 Å². The Balaban J connectivity index is 1.67. The normalized spacial score (nSPS) is 34.7. The largest absolute Gasteiger partial charge is 0.381 e. The molecule has 6 nitrogen and oxygen atoms in total. The number of likely N-dealkylation sites (tertiary alicyclic amines) is 2. The molecule has 3 saturated heterocycles. The van der Waals surface area contributed by atoms with E-state index < -0.39 is 6.10 Å². The molecule has 112 valence electrons. The molecule has 2 amide bonds. The van der Waals surface area contributed by atoms with E-state index >= 15 is 0 Å². The molecule has 0 aromatic heterocycles. The molecule has 0 N–H and O–H groups in total. The van der Waals surface area contributed by atoms with Crippen molar-refractivity contribution in [3.05, 3.63) is 0 Å². The first kappa shape index (κ1) is 13.8. The third-order valence-corrected chi connectivity index (χ3v) is 4.95. The van der Waals surface area contributed by atoms with Gasteiger partial charge in [0.15, 0.2) is 0 Å². The fourth-order valence-electron chi connectivity index (χ4n) is 3.72. The van der Waals surface area contributed by atoms with Crippen LogP contribution in [0.15, 0.2) is 0 Å². The lowest BCUT2D eigenvalue weighted by Crippen LogP contribution is -2.42. The molecule has 3 aliphatic heterocycles. The van der Waals surface area contributed by atoms with Crippen LogP contribution >= 0.6 is 0 Å². The SMILES string of the molecule is CO[C@@H]1C(=O)N(C)[C@@H]2CN(C(=O)C3CCOCC3)C[C@H]12. The molecule has 3 fully saturated rings. The van der Waals surface area contributed by atoms with Gasteiger partial charge in [-0.2, -0.15) is 0 Å². The van der Waals surface area contributed by atoms with E-state index in [0.717, 1.165) is 12.8 Å². The minimum Gasteiger partial charge on any atom is -0.381 e. The first-order valence-corrected chi connectivity index (χ1v) is 7.29. The maximum absolute atomic E-state index is 12.5. The Morgan fingerprint density at radius 3 is 2.65 bits per heavy atom. The summed E-state index contributed by atoms with van der Waals surface area (Å²) in [4.78, 5) is 28.2. The lowest BCUT2D eigenvalue weighted by molar-refractivity contribution is -0.142. The van der Waals surface area contributed by atoms with Crippen LogP contribution in [-0.2, 0) is 19.1 Å². The zero-order valence-electron chi connectivity index (χ0n) is 12.1. The molecule has 20 heavy (non-hydrogen) atoms. The van der Waals surface area contributed by atoms with E-state index in [2.05, 4.69) is 0 Å². The molecule has 0 bridgehead atoms. The molecule has 0 aliphatic carbocycles. The van der Waals surface area contributed by atoms with Gasteiger partial charge in [0.1, 0.15) is 6.10 Å². The summed E-state index contributed by atoms with van der Waals surface area (Å²) < 4.78 is 10.6. The number of rotatable bonds is 2. The molecule has 0 saturated carbocycles. The van der Waals surface area contributed by atoms with Crippen molar-refractivity contribution in [1.29, 1.82) is 0 Å². The van der Waals surface area contributed by atoms with Gasteiger partial charge < -0.3 is 19.3 Å². The number of carbonyl (C=O) groups excluding carboxylic acids is 2. The number of methoxy groups -OCH3 is 1. The zero-order valence-corrected chi connectivity index (χ0v) is 12.1. The van der Waals surface area contributed by atoms with Gasteiger partial charge in [-0.1, -0.05) is 0 Å². The minimum atomic E-state index is -0.391. The molecule has 3 rings (SSSR count). The summed E-state index contributed by atoms with van der Waals surface area (Å²) >= 11 is 0. The van der Waals surface area contributed by atoms with Crippen molar-refractivity contribution in [1.82, 2.24) is 9.80 Å². The van der Waals surface area contributed by atoms with Gasteiger partial charge >= 0.3 is 0 Å². The average Bonchev–Trinajstić information content (AvgIpc) is 3.00. The summed E-state index contributed by atoms with van der Waals surface area (Å²) in [5.74, 6) is 0.463. The van der Waals surface area contributed by atoms with Crippen LogP contribution in [0.1, 0.15) is 12.8 Å². The average molecular weight is 282 g/mol. The Morgan fingerprint density at radius 1 is 1.30 bits per heavy atom. The zero-order chi connectivity index (χ0) is 14.3. The van der Waals surface area contributed by atoms with Crippen LogP contribution < -0.4 is 0 Å². The van der Waals surface area contributed by atoms with E-state index in [9.17, 15) is 9.59 Å². The Kier molecular flexibility index (Phi) is 3.69. The fraction of sp³-hybridized carbons (Fsp3) is 0.857. The highest BCUT2D eigenvalue weighted by molar-refractivity contribution is 5.85. The van der Waals surface area contributed by atoms with Crippen LogP contribution in [0.5, 0.6) is 0 Å². The van der Waals surface area contributed by atoms with Crippen LogP contribution in [0, 0.1) is 11.8 Å². The maximum atomic E-state index is 12.5. The smallest absolute Gasteiger partial charge is 0.252 e. The van der Waals surface area contributed by atoms with Crippen molar-refractivity contribution >= 4 is 11.8 Å². The van der Waals surface area contributed by atoms with E-state index in [1.807, 2.05) is 4.90 Å². The number of hydrogen-bond acceptors (Lipinski definition) is 4. The molecular formula is C14H22N2O4. The second-order valence-electron chi connectivity index (χ2n) is 5.97. The quantitative estimate of drug-likeness (QED) is 0.699. The number of amides is 2. The summed E-state index contributed by atoms with van der Waals surface area (Å²) in [6, 6.07) is 0.108. The molecule has 0 aromatic carbocycles. The highest BCUT2D eigenvalue weighted by Crippen LogP contribution is 2.34. The Labute approximate surface area is 119 Å². The standard InChI is InChI=1S/C14H22N2O4/c1-15-11-8-16(7-10(11)12(19-2)14(15)18)13(17)9-3-5-20-6-4-9/h9-12H,3-8H2,1-2H3/t10-,11+,12-/m0/s1. The fourth-order valence-corrected chi connectivity index (χ4v) is 3.72. The van der Waals surface area contributed by atoms with Gasteiger partial charge in [0.05, 0.1) is 6.04 Å². The monoisotopic (exact) mass is 282 g/mol. The minimum absolute atomic E-state index is 0.0423. The first-order chi connectivity index (χ1) is 9.63. The van der Waals surface area contributed by atoms with Crippen molar-refractivity contribution in [2.24, 2.45) is 11.8 Å². The number of nitrogens with zero attached hydrogens (tertiary/aromatic N) is 2. The lowest BCUT2D eigenvalue weighted by Gasteiger charge is -2.28. The summed E-state index contributed by atoms with van der Waals surface area (Å²) in [6.07, 6.45) is 1.23. The van der Waals surface area contributed by atoms with Gasteiger partial charge in [-0.3, -0.25) is 9.59 Å². The van der Waals surface area contributed by atoms with Crippen molar-refractivity contribution in [2.75, 3.05) is 40.5 Å². The van der Waals surface area contributed by atoms with Crippen LogP contribution in [0.2, 0.25) is 0 Å².